The van der Waals surface area contributed by atoms with Crippen LogP contribution in [0.5, 0.6) is 5.75 Å². The predicted molar refractivity (Wildman–Crippen MR) is 79.4 cm³/mol. The topological polar surface area (TPSA) is 35.5 Å². The molecule has 0 aromatic heterocycles. The maximum absolute atomic E-state index is 9.99. The molecule has 1 aromatic rings. The number of phenols is 1. The van der Waals surface area contributed by atoms with Gasteiger partial charge in [-0.3, -0.25) is 0 Å². The monoisotopic (exact) mass is 262 g/mol. The molecular formula is C16H26N2O. The number of hydrogen-bond acceptors (Lipinski definition) is 3. The lowest BCUT2D eigenvalue weighted by molar-refractivity contribution is 0.161. The van der Waals surface area contributed by atoms with Crippen LogP contribution in [-0.4, -0.2) is 35.7 Å². The molecule has 0 spiro atoms. The first-order valence-electron chi connectivity index (χ1n) is 7.36. The smallest absolute Gasteiger partial charge is 0.120 e. The highest BCUT2D eigenvalue weighted by Gasteiger charge is 2.25. The lowest BCUT2D eigenvalue weighted by Crippen LogP contribution is -2.46. The van der Waals surface area contributed by atoms with Crippen LogP contribution in [-0.2, 0) is 0 Å². The van der Waals surface area contributed by atoms with Crippen LogP contribution in [0.2, 0.25) is 0 Å². The van der Waals surface area contributed by atoms with E-state index < -0.39 is 0 Å². The summed E-state index contributed by atoms with van der Waals surface area (Å²) in [6.07, 6.45) is 3.36. The quantitative estimate of drug-likeness (QED) is 0.876. The number of nitrogens with zero attached hydrogens (tertiary/aromatic N) is 1. The van der Waals surface area contributed by atoms with Crippen LogP contribution in [0, 0.1) is 0 Å². The van der Waals surface area contributed by atoms with E-state index in [1.807, 2.05) is 18.2 Å². The van der Waals surface area contributed by atoms with Gasteiger partial charge in [0.2, 0.25) is 0 Å². The number of aromatic hydroxyl groups is 1. The van der Waals surface area contributed by atoms with E-state index in [1.165, 1.54) is 12.8 Å². The van der Waals surface area contributed by atoms with E-state index in [2.05, 4.69) is 31.1 Å². The molecule has 1 aliphatic heterocycles. The van der Waals surface area contributed by atoms with Gasteiger partial charge in [-0.2, -0.15) is 0 Å². The highest BCUT2D eigenvalue weighted by Crippen LogP contribution is 2.28. The van der Waals surface area contributed by atoms with Gasteiger partial charge < -0.3 is 15.3 Å². The van der Waals surface area contributed by atoms with Gasteiger partial charge >= 0.3 is 0 Å². The molecule has 2 rings (SSSR count). The molecule has 3 nitrogen and oxygen atoms in total. The Balaban J connectivity index is 2.02. The first-order chi connectivity index (χ1) is 9.11. The summed E-state index contributed by atoms with van der Waals surface area (Å²) in [4.78, 5) is 2.42. The highest BCUT2D eigenvalue weighted by molar-refractivity contribution is 5.34. The molecular weight excluding hydrogens is 236 g/mol. The normalized spacial score (nSPS) is 26.3. The molecule has 3 atom stereocenters. The molecule has 2 N–H and O–H groups in total. The van der Waals surface area contributed by atoms with E-state index in [9.17, 15) is 5.11 Å². The molecule has 0 radical (unpaired) electrons. The zero-order chi connectivity index (χ0) is 13.8. The molecule has 19 heavy (non-hydrogen) atoms. The van der Waals surface area contributed by atoms with Gasteiger partial charge in [-0.1, -0.05) is 25.1 Å². The zero-order valence-corrected chi connectivity index (χ0v) is 12.3. The zero-order valence-electron chi connectivity index (χ0n) is 12.3. The number of piperidine rings is 1. The van der Waals surface area contributed by atoms with Crippen LogP contribution in [0.3, 0.4) is 0 Å². The molecule has 106 valence electrons. The average molecular weight is 262 g/mol. The maximum Gasteiger partial charge on any atom is 0.120 e. The van der Waals surface area contributed by atoms with E-state index in [1.54, 1.807) is 6.07 Å². The summed E-state index contributed by atoms with van der Waals surface area (Å²) in [5.74, 6) is 0.405. The lowest BCUT2D eigenvalue weighted by atomic mass is 9.95. The van der Waals surface area contributed by atoms with Gasteiger partial charge in [-0.25, -0.2) is 0 Å². The number of hydrogen-bond donors (Lipinski definition) is 2. The maximum atomic E-state index is 9.99. The predicted octanol–water partition coefficient (Wildman–Crippen LogP) is 2.92. The van der Waals surface area contributed by atoms with Crippen molar-refractivity contribution in [3.63, 3.8) is 0 Å². The standard InChI is InChI=1S/C16H26N2O/c1-4-15(14-7-5-6-8-16(14)19)17-13-9-10-18(3)12(2)11-13/h5-8,12-13,15,17,19H,4,9-11H2,1-3H3. The van der Waals surface area contributed by atoms with E-state index >= 15 is 0 Å². The third-order valence-corrected chi connectivity index (χ3v) is 4.37. The fraction of sp³-hybridized carbons (Fsp3) is 0.625. The molecule has 0 amide bonds. The third-order valence-electron chi connectivity index (χ3n) is 4.37. The largest absolute Gasteiger partial charge is 0.508 e. The van der Waals surface area contributed by atoms with E-state index in [0.29, 0.717) is 17.8 Å². The Kier molecular flexibility index (Phi) is 4.83. The van der Waals surface area contributed by atoms with Gasteiger partial charge in [0.1, 0.15) is 5.75 Å². The minimum absolute atomic E-state index is 0.252. The first kappa shape index (κ1) is 14.4. The molecule has 1 fully saturated rings. The Labute approximate surface area is 116 Å². The molecule has 3 unspecified atom stereocenters. The van der Waals surface area contributed by atoms with Crippen molar-refractivity contribution in [2.75, 3.05) is 13.6 Å². The molecule has 1 aromatic carbocycles. The van der Waals surface area contributed by atoms with Crippen LogP contribution < -0.4 is 5.32 Å². The molecule has 1 aliphatic rings. The van der Waals surface area contributed by atoms with Crippen molar-refractivity contribution in [3.05, 3.63) is 29.8 Å². The van der Waals surface area contributed by atoms with Crippen LogP contribution in [0.1, 0.15) is 44.7 Å². The van der Waals surface area contributed by atoms with Gasteiger partial charge in [0, 0.05) is 23.7 Å². The fourth-order valence-corrected chi connectivity index (χ4v) is 2.94. The molecule has 3 heteroatoms. The summed E-state index contributed by atoms with van der Waals surface area (Å²) in [5, 5.41) is 13.7. The van der Waals surface area contributed by atoms with Crippen LogP contribution in [0.4, 0.5) is 0 Å². The van der Waals surface area contributed by atoms with Crippen molar-refractivity contribution in [2.24, 2.45) is 0 Å². The Morgan fingerprint density at radius 2 is 2.16 bits per heavy atom. The number of para-hydroxylation sites is 1. The van der Waals surface area contributed by atoms with Crippen molar-refractivity contribution >= 4 is 0 Å². The molecule has 0 aliphatic carbocycles. The highest BCUT2D eigenvalue weighted by atomic mass is 16.3. The van der Waals surface area contributed by atoms with Crippen LogP contribution >= 0.6 is 0 Å². The molecule has 1 heterocycles. The van der Waals surface area contributed by atoms with Crippen LogP contribution in [0.15, 0.2) is 24.3 Å². The number of benzene rings is 1. The summed E-state index contributed by atoms with van der Waals surface area (Å²) >= 11 is 0. The molecule has 1 saturated heterocycles. The second kappa shape index (κ2) is 6.40. The van der Waals surface area contributed by atoms with Gasteiger partial charge in [-0.05, 0) is 45.8 Å². The first-order valence-corrected chi connectivity index (χ1v) is 7.36. The Hall–Kier alpha value is -1.06. The van der Waals surface area contributed by atoms with Gasteiger partial charge in [0.15, 0.2) is 0 Å². The van der Waals surface area contributed by atoms with Gasteiger partial charge in [0.25, 0.3) is 0 Å². The third kappa shape index (κ3) is 3.48. The second-order valence-corrected chi connectivity index (χ2v) is 5.74. The summed E-state index contributed by atoms with van der Waals surface area (Å²) in [7, 11) is 2.20. The van der Waals surface area contributed by atoms with Crippen molar-refractivity contribution in [3.8, 4) is 5.75 Å². The minimum Gasteiger partial charge on any atom is -0.508 e. The summed E-state index contributed by atoms with van der Waals surface area (Å²) < 4.78 is 0. The number of phenolic OH excluding ortho intramolecular Hbond substituents is 1. The van der Waals surface area contributed by atoms with Crippen molar-refractivity contribution < 1.29 is 5.11 Å². The second-order valence-electron chi connectivity index (χ2n) is 5.74. The summed E-state index contributed by atoms with van der Waals surface area (Å²) in [6, 6.07) is 9.11. The Morgan fingerprint density at radius 3 is 2.79 bits per heavy atom. The number of nitrogens with one attached hydrogen (secondary N) is 1. The summed E-state index contributed by atoms with van der Waals surface area (Å²) in [5.41, 5.74) is 1.02. The Bertz CT molecular complexity index is 407. The minimum atomic E-state index is 0.252. The van der Waals surface area contributed by atoms with Crippen LogP contribution in [0.25, 0.3) is 0 Å². The summed E-state index contributed by atoms with van der Waals surface area (Å²) in [6.45, 7) is 5.60. The Morgan fingerprint density at radius 1 is 1.42 bits per heavy atom. The van der Waals surface area contributed by atoms with Crippen molar-refractivity contribution in [1.29, 1.82) is 0 Å². The lowest BCUT2D eigenvalue weighted by Gasteiger charge is -2.37. The number of rotatable bonds is 4. The van der Waals surface area contributed by atoms with Crippen molar-refractivity contribution in [1.82, 2.24) is 10.2 Å². The molecule has 0 saturated carbocycles. The van der Waals surface area contributed by atoms with E-state index in [0.717, 1.165) is 18.5 Å². The molecule has 0 bridgehead atoms. The van der Waals surface area contributed by atoms with Gasteiger partial charge in [0.05, 0.1) is 0 Å². The average Bonchev–Trinajstić information content (AvgIpc) is 2.41. The fourth-order valence-electron chi connectivity index (χ4n) is 2.94. The van der Waals surface area contributed by atoms with Crippen molar-refractivity contribution in [2.45, 2.75) is 51.2 Å². The SMILES string of the molecule is CCC(NC1CCN(C)C(C)C1)c1ccccc1O. The number of likely N-dealkylation sites (tertiary alicyclic amines) is 1. The van der Waals surface area contributed by atoms with E-state index in [4.69, 9.17) is 0 Å². The van der Waals surface area contributed by atoms with E-state index in [-0.39, 0.29) is 6.04 Å². The van der Waals surface area contributed by atoms with Gasteiger partial charge in [-0.15, -0.1) is 0 Å².